The van der Waals surface area contributed by atoms with E-state index in [9.17, 15) is 0 Å². The standard InChI is InChI=1S/C10H14ClNO/c11-10-6-8(2-1-5-13)3-4-9(10)7-12/h3-4,6,13H,1-2,5,7,12H2. The number of rotatable bonds is 4. The largest absolute Gasteiger partial charge is 0.396 e. The lowest BCUT2D eigenvalue weighted by Gasteiger charge is -2.04. The summed E-state index contributed by atoms with van der Waals surface area (Å²) < 4.78 is 0. The van der Waals surface area contributed by atoms with Crippen LogP contribution in [0.1, 0.15) is 17.5 Å². The Morgan fingerprint density at radius 2 is 2.15 bits per heavy atom. The minimum absolute atomic E-state index is 0.219. The van der Waals surface area contributed by atoms with Crippen LogP contribution >= 0.6 is 11.6 Å². The van der Waals surface area contributed by atoms with E-state index in [1.165, 1.54) is 0 Å². The van der Waals surface area contributed by atoms with E-state index in [1.54, 1.807) is 0 Å². The van der Waals surface area contributed by atoms with Crippen molar-refractivity contribution in [2.24, 2.45) is 5.73 Å². The van der Waals surface area contributed by atoms with Crippen LogP contribution in [0.2, 0.25) is 5.02 Å². The van der Waals surface area contributed by atoms with E-state index in [0.717, 1.165) is 29.0 Å². The van der Waals surface area contributed by atoms with Crippen molar-refractivity contribution in [3.63, 3.8) is 0 Å². The summed E-state index contributed by atoms with van der Waals surface area (Å²) in [6, 6.07) is 5.86. The van der Waals surface area contributed by atoms with Crippen molar-refractivity contribution in [2.75, 3.05) is 6.61 Å². The van der Waals surface area contributed by atoms with Gasteiger partial charge in [0.05, 0.1) is 0 Å². The van der Waals surface area contributed by atoms with Crippen molar-refractivity contribution < 1.29 is 5.11 Å². The molecule has 2 nitrogen and oxygen atoms in total. The summed E-state index contributed by atoms with van der Waals surface area (Å²) in [5.41, 5.74) is 7.59. The van der Waals surface area contributed by atoms with Gasteiger partial charge < -0.3 is 10.8 Å². The second-order valence-electron chi connectivity index (χ2n) is 2.96. The van der Waals surface area contributed by atoms with Gasteiger partial charge in [-0.25, -0.2) is 0 Å². The Balaban J connectivity index is 2.71. The van der Waals surface area contributed by atoms with Gasteiger partial charge in [-0.05, 0) is 30.0 Å². The average Bonchev–Trinajstić information content (AvgIpc) is 2.15. The lowest BCUT2D eigenvalue weighted by Crippen LogP contribution is -1.98. The van der Waals surface area contributed by atoms with Gasteiger partial charge >= 0.3 is 0 Å². The highest BCUT2D eigenvalue weighted by molar-refractivity contribution is 6.31. The summed E-state index contributed by atoms with van der Waals surface area (Å²) in [6.45, 7) is 0.690. The molecule has 0 fully saturated rings. The first-order valence-electron chi connectivity index (χ1n) is 4.36. The summed E-state index contributed by atoms with van der Waals surface area (Å²) in [7, 11) is 0. The van der Waals surface area contributed by atoms with E-state index in [2.05, 4.69) is 0 Å². The van der Waals surface area contributed by atoms with Crippen molar-refractivity contribution >= 4 is 11.6 Å². The van der Waals surface area contributed by atoms with E-state index in [0.29, 0.717) is 6.54 Å². The van der Waals surface area contributed by atoms with E-state index in [4.69, 9.17) is 22.4 Å². The molecule has 1 rings (SSSR count). The van der Waals surface area contributed by atoms with E-state index >= 15 is 0 Å². The molecule has 0 aromatic heterocycles. The fourth-order valence-corrected chi connectivity index (χ4v) is 1.48. The van der Waals surface area contributed by atoms with Gasteiger partial charge in [0.2, 0.25) is 0 Å². The summed E-state index contributed by atoms with van der Waals surface area (Å²) in [4.78, 5) is 0. The molecule has 13 heavy (non-hydrogen) atoms. The van der Waals surface area contributed by atoms with Gasteiger partial charge in [0.1, 0.15) is 0 Å². The lowest BCUT2D eigenvalue weighted by molar-refractivity contribution is 0.288. The van der Waals surface area contributed by atoms with Gasteiger partial charge in [-0.15, -0.1) is 0 Å². The van der Waals surface area contributed by atoms with E-state index in [1.807, 2.05) is 18.2 Å². The highest BCUT2D eigenvalue weighted by Crippen LogP contribution is 2.18. The molecule has 0 saturated carbocycles. The van der Waals surface area contributed by atoms with Gasteiger partial charge in [0.25, 0.3) is 0 Å². The number of benzene rings is 1. The molecule has 72 valence electrons. The minimum Gasteiger partial charge on any atom is -0.396 e. The first kappa shape index (κ1) is 10.5. The highest BCUT2D eigenvalue weighted by Gasteiger charge is 1.99. The van der Waals surface area contributed by atoms with Crippen LogP contribution < -0.4 is 5.73 Å². The lowest BCUT2D eigenvalue weighted by atomic mass is 10.1. The number of aliphatic hydroxyl groups excluding tert-OH is 1. The van der Waals surface area contributed by atoms with Gasteiger partial charge in [-0.3, -0.25) is 0 Å². The van der Waals surface area contributed by atoms with E-state index in [-0.39, 0.29) is 6.61 Å². The van der Waals surface area contributed by atoms with Crippen LogP contribution in [-0.2, 0) is 13.0 Å². The molecule has 0 heterocycles. The molecule has 0 aliphatic heterocycles. The van der Waals surface area contributed by atoms with Crippen molar-refractivity contribution in [1.29, 1.82) is 0 Å². The quantitative estimate of drug-likeness (QED) is 0.776. The normalized spacial score (nSPS) is 10.4. The third kappa shape index (κ3) is 2.99. The van der Waals surface area contributed by atoms with Crippen molar-refractivity contribution in [1.82, 2.24) is 0 Å². The second-order valence-corrected chi connectivity index (χ2v) is 3.36. The van der Waals surface area contributed by atoms with Crippen LogP contribution in [0, 0.1) is 0 Å². The highest BCUT2D eigenvalue weighted by atomic mass is 35.5. The summed E-state index contributed by atoms with van der Waals surface area (Å²) in [6.07, 6.45) is 1.64. The molecule has 0 bridgehead atoms. The fraction of sp³-hybridized carbons (Fsp3) is 0.400. The number of hydrogen-bond acceptors (Lipinski definition) is 2. The Kier molecular flexibility index (Phi) is 4.22. The summed E-state index contributed by atoms with van der Waals surface area (Å²) in [5.74, 6) is 0. The average molecular weight is 200 g/mol. The molecule has 1 aromatic rings. The van der Waals surface area contributed by atoms with Gasteiger partial charge in [-0.2, -0.15) is 0 Å². The van der Waals surface area contributed by atoms with Crippen LogP contribution in [0.3, 0.4) is 0 Å². The molecule has 0 radical (unpaired) electrons. The number of halogens is 1. The number of nitrogens with two attached hydrogens (primary N) is 1. The first-order valence-corrected chi connectivity index (χ1v) is 4.74. The number of aryl methyl sites for hydroxylation is 1. The zero-order chi connectivity index (χ0) is 9.68. The maximum atomic E-state index is 8.64. The molecule has 1 aromatic carbocycles. The van der Waals surface area contributed by atoms with Crippen molar-refractivity contribution in [3.05, 3.63) is 34.3 Å². The zero-order valence-corrected chi connectivity index (χ0v) is 8.22. The summed E-state index contributed by atoms with van der Waals surface area (Å²) >= 11 is 5.97. The molecule has 0 amide bonds. The SMILES string of the molecule is NCc1ccc(CCCO)cc1Cl. The Morgan fingerprint density at radius 1 is 1.38 bits per heavy atom. The molecule has 0 spiro atoms. The smallest absolute Gasteiger partial charge is 0.0453 e. The second kappa shape index (κ2) is 5.22. The fourth-order valence-electron chi connectivity index (χ4n) is 1.20. The Hall–Kier alpha value is -0.570. The molecular formula is C10H14ClNO. The number of hydrogen-bond donors (Lipinski definition) is 2. The zero-order valence-electron chi connectivity index (χ0n) is 7.46. The van der Waals surface area contributed by atoms with Crippen LogP contribution in [0.25, 0.3) is 0 Å². The van der Waals surface area contributed by atoms with Crippen molar-refractivity contribution in [3.8, 4) is 0 Å². The van der Waals surface area contributed by atoms with Gasteiger partial charge in [0.15, 0.2) is 0 Å². The molecule has 0 unspecified atom stereocenters. The first-order chi connectivity index (χ1) is 6.27. The van der Waals surface area contributed by atoms with Crippen LogP contribution in [0.15, 0.2) is 18.2 Å². The molecule has 0 aliphatic carbocycles. The maximum absolute atomic E-state index is 8.64. The Bertz CT molecular complexity index is 276. The third-order valence-corrected chi connectivity index (χ3v) is 2.31. The monoisotopic (exact) mass is 199 g/mol. The summed E-state index contributed by atoms with van der Waals surface area (Å²) in [5, 5.41) is 9.36. The molecule has 0 atom stereocenters. The van der Waals surface area contributed by atoms with Crippen LogP contribution in [-0.4, -0.2) is 11.7 Å². The molecule has 3 heteroatoms. The van der Waals surface area contributed by atoms with Crippen LogP contribution in [0.5, 0.6) is 0 Å². The maximum Gasteiger partial charge on any atom is 0.0453 e. The van der Waals surface area contributed by atoms with E-state index < -0.39 is 0 Å². The van der Waals surface area contributed by atoms with Gasteiger partial charge in [0, 0.05) is 18.2 Å². The molecule has 0 aliphatic rings. The number of aliphatic hydroxyl groups is 1. The Labute approximate surface area is 83.3 Å². The molecule has 3 N–H and O–H groups in total. The minimum atomic E-state index is 0.219. The Morgan fingerprint density at radius 3 is 2.69 bits per heavy atom. The van der Waals surface area contributed by atoms with Gasteiger partial charge in [-0.1, -0.05) is 23.7 Å². The third-order valence-electron chi connectivity index (χ3n) is 1.96. The molecular weight excluding hydrogens is 186 g/mol. The predicted octanol–water partition coefficient (Wildman–Crippen LogP) is 1.72. The topological polar surface area (TPSA) is 46.2 Å². The predicted molar refractivity (Wildman–Crippen MR) is 54.8 cm³/mol. The van der Waals surface area contributed by atoms with Crippen LogP contribution in [0.4, 0.5) is 0 Å². The molecule has 0 saturated heterocycles. The van der Waals surface area contributed by atoms with Crippen molar-refractivity contribution in [2.45, 2.75) is 19.4 Å².